The minimum atomic E-state index is -0.379. The number of aromatic nitrogens is 8. The molecule has 0 unspecified atom stereocenters. The van der Waals surface area contributed by atoms with Crippen LogP contribution in [0.3, 0.4) is 0 Å². The number of unbranched alkanes of at least 4 members (excludes halogenated alkanes) is 1. The van der Waals surface area contributed by atoms with E-state index in [2.05, 4.69) is 227 Å². The highest BCUT2D eigenvalue weighted by Gasteiger charge is 2.23. The average Bonchev–Trinajstić information content (AvgIpc) is 1.72. The van der Waals surface area contributed by atoms with Crippen molar-refractivity contribution in [2.75, 3.05) is 0 Å². The molecule has 0 amide bonds. The number of nitrogens with one attached hydrogen (secondary N) is 4. The lowest BCUT2D eigenvalue weighted by molar-refractivity contribution is -0.384. The highest BCUT2D eigenvalue weighted by molar-refractivity contribution is 6.06. The molecule has 0 saturated carbocycles. The molecule has 4 aliphatic heterocycles. The molecular formula is C84H57N9O2. The third-order valence-corrected chi connectivity index (χ3v) is 18.3. The molecule has 450 valence electrons. The van der Waals surface area contributed by atoms with E-state index >= 15 is 0 Å². The molecule has 16 bridgehead atoms. The van der Waals surface area contributed by atoms with Gasteiger partial charge >= 0.3 is 0 Å². The molecule has 17 rings (SSSR count). The van der Waals surface area contributed by atoms with Crippen LogP contribution >= 0.6 is 0 Å². The van der Waals surface area contributed by atoms with Crippen LogP contribution in [0, 0.1) is 22.0 Å². The fourth-order valence-electron chi connectivity index (χ4n) is 13.8. The van der Waals surface area contributed by atoms with Crippen molar-refractivity contribution in [3.8, 4) is 67.5 Å². The summed E-state index contributed by atoms with van der Waals surface area (Å²) in [6.45, 7) is 2.24. The molecule has 4 aliphatic rings. The first-order valence-corrected chi connectivity index (χ1v) is 32.0. The lowest BCUT2D eigenvalue weighted by Crippen LogP contribution is -1.93. The summed E-state index contributed by atoms with van der Waals surface area (Å²) in [5, 5.41) is 16.4. The van der Waals surface area contributed by atoms with E-state index in [4.69, 9.17) is 19.9 Å². The fraction of sp³-hybridized carbons (Fsp3) is 0.0476. The largest absolute Gasteiger partial charge is 0.355 e. The molecule has 13 aromatic rings. The van der Waals surface area contributed by atoms with Crippen LogP contribution in [0.4, 0.5) is 5.69 Å². The first-order chi connectivity index (χ1) is 46.8. The normalized spacial score (nSPS) is 12.2. The highest BCUT2D eigenvalue weighted by atomic mass is 16.6. The van der Waals surface area contributed by atoms with Gasteiger partial charge < -0.3 is 19.9 Å². The maximum atomic E-state index is 11.9. The van der Waals surface area contributed by atoms with Gasteiger partial charge in [0.1, 0.15) is 0 Å². The standard InChI is InChI=1S/C84H57N9O2/c1-2-3-24-61-64-37-43-76(87-64)83(59-27-14-22-51-16-10-12-25-57(51)59)78-45-39-68(89-78)63(69-40-46-79(90-69)84(77-44-38-65(61)88-77)60-28-15-23-52-17-11-13-26-58(52)60)34-33-62-66-35-41-70(85-66)80(53-18-6-4-7-19-53)72-47-49-74(91-72)82(55-29-31-56(32-30-55)93(94)95)75-50-48-73(92-75)81(54-20-8-5-9-21-54)71-42-36-67(62)86-71/h4-23,25-32,35-50,85,87,90,92H,2-3,24H2,1H3. The molecule has 0 aliphatic carbocycles. The van der Waals surface area contributed by atoms with Crippen molar-refractivity contribution in [2.45, 2.75) is 26.2 Å². The zero-order valence-corrected chi connectivity index (χ0v) is 51.6. The number of non-ortho nitro benzene ring substituents is 1. The third kappa shape index (κ3) is 10.1. The summed E-state index contributed by atoms with van der Waals surface area (Å²) < 4.78 is 0. The minimum absolute atomic E-state index is 0.00312. The predicted molar refractivity (Wildman–Crippen MR) is 391 cm³/mol. The Morgan fingerprint density at radius 1 is 0.347 bits per heavy atom. The van der Waals surface area contributed by atoms with Crippen LogP contribution in [0.5, 0.6) is 0 Å². The molecule has 0 spiro atoms. The van der Waals surface area contributed by atoms with Gasteiger partial charge in [-0.3, -0.25) is 10.1 Å². The number of hydrogen-bond donors (Lipinski definition) is 4. The zero-order valence-electron chi connectivity index (χ0n) is 51.6. The van der Waals surface area contributed by atoms with E-state index in [9.17, 15) is 10.1 Å². The van der Waals surface area contributed by atoms with Crippen LogP contribution in [0.15, 0.2) is 218 Å². The van der Waals surface area contributed by atoms with Gasteiger partial charge in [0, 0.05) is 78.6 Å². The lowest BCUT2D eigenvalue weighted by atomic mass is 9.97. The molecule has 0 atom stereocenters. The van der Waals surface area contributed by atoms with Crippen molar-refractivity contribution in [3.63, 3.8) is 0 Å². The van der Waals surface area contributed by atoms with E-state index in [1.807, 2.05) is 54.6 Å². The van der Waals surface area contributed by atoms with Crippen molar-refractivity contribution in [1.29, 1.82) is 0 Å². The SMILES string of the molecule is CCCCc1c2nc(c(-c3cccc4ccccc34)c3ccc([nH]3)c(C#Cc3c4nc(c(-c5ccccc5)c5ccc([nH]5)c(-c5ccc([N+](=O)[O-])cc5)c5nc(c(-c6ccccc6)c6ccc3[nH]6)C=C5)C=C4)c3nc(c(-c4cccc5ccccc45)c4ccc1[nH]4)C=C3)C=C2. The summed E-state index contributed by atoms with van der Waals surface area (Å²) >= 11 is 0. The van der Waals surface area contributed by atoms with E-state index in [0.717, 1.165) is 175 Å². The second-order valence-corrected chi connectivity index (χ2v) is 24.1. The summed E-state index contributed by atoms with van der Waals surface area (Å²) in [5.74, 6) is 7.59. The summed E-state index contributed by atoms with van der Waals surface area (Å²) in [6.07, 6.45) is 19.6. The molecule has 0 fully saturated rings. The van der Waals surface area contributed by atoms with Gasteiger partial charge in [-0.2, -0.15) is 0 Å². The quantitative estimate of drug-likeness (QED) is 0.0640. The number of aryl methyl sites for hydroxylation is 1. The molecule has 7 aromatic carbocycles. The molecule has 95 heavy (non-hydrogen) atoms. The molecule has 10 heterocycles. The Kier molecular flexibility index (Phi) is 13.9. The van der Waals surface area contributed by atoms with Crippen LogP contribution in [-0.4, -0.2) is 44.8 Å². The minimum Gasteiger partial charge on any atom is -0.355 e. The Morgan fingerprint density at radius 2 is 0.695 bits per heavy atom. The monoisotopic (exact) mass is 1220 g/mol. The van der Waals surface area contributed by atoms with Crippen LogP contribution in [0.25, 0.3) is 170 Å². The van der Waals surface area contributed by atoms with Crippen LogP contribution < -0.4 is 0 Å². The van der Waals surface area contributed by atoms with Gasteiger partial charge in [-0.15, -0.1) is 0 Å². The molecule has 6 aromatic heterocycles. The van der Waals surface area contributed by atoms with E-state index in [0.29, 0.717) is 28.2 Å². The molecule has 4 N–H and O–H groups in total. The predicted octanol–water partition coefficient (Wildman–Crippen LogP) is 20.9. The first kappa shape index (κ1) is 56.2. The summed E-state index contributed by atoms with van der Waals surface area (Å²) in [7, 11) is 0. The van der Waals surface area contributed by atoms with Gasteiger partial charge in [0.25, 0.3) is 5.69 Å². The topological polar surface area (TPSA) is 158 Å². The van der Waals surface area contributed by atoms with Gasteiger partial charge in [-0.05, 0) is 171 Å². The summed E-state index contributed by atoms with van der Waals surface area (Å²) in [4.78, 5) is 49.4. The number of benzene rings is 7. The third-order valence-electron chi connectivity index (χ3n) is 18.3. The van der Waals surface area contributed by atoms with Gasteiger partial charge in [-0.25, -0.2) is 19.9 Å². The number of H-pyrrole nitrogens is 4. The molecule has 0 saturated heterocycles. The van der Waals surface area contributed by atoms with Gasteiger partial charge in [0.05, 0.1) is 72.6 Å². The van der Waals surface area contributed by atoms with Crippen molar-refractivity contribution in [2.24, 2.45) is 0 Å². The Labute approximate surface area is 546 Å². The maximum Gasteiger partial charge on any atom is 0.269 e. The Bertz CT molecular complexity index is 5800. The highest BCUT2D eigenvalue weighted by Crippen LogP contribution is 2.41. The van der Waals surface area contributed by atoms with Crippen LogP contribution in [0.1, 0.15) is 82.0 Å². The number of nitro groups is 1. The lowest BCUT2D eigenvalue weighted by Gasteiger charge is -2.09. The van der Waals surface area contributed by atoms with Gasteiger partial charge in [0.15, 0.2) is 0 Å². The second kappa shape index (κ2) is 23.5. The second-order valence-electron chi connectivity index (χ2n) is 24.1. The van der Waals surface area contributed by atoms with Crippen molar-refractivity contribution in [1.82, 2.24) is 39.9 Å². The number of fused-ring (bicyclic) bond motifs is 18. The number of rotatable bonds is 9. The molecule has 11 nitrogen and oxygen atoms in total. The van der Waals surface area contributed by atoms with Gasteiger partial charge in [0.2, 0.25) is 0 Å². The molecule has 0 radical (unpaired) electrons. The number of nitro benzene ring substituents is 1. The summed E-state index contributed by atoms with van der Waals surface area (Å²) in [5.41, 5.74) is 24.7. The first-order valence-electron chi connectivity index (χ1n) is 32.0. The maximum absolute atomic E-state index is 11.9. The van der Waals surface area contributed by atoms with Crippen molar-refractivity contribution >= 4 is 120 Å². The number of hydrogen-bond acceptors (Lipinski definition) is 6. The summed E-state index contributed by atoms with van der Waals surface area (Å²) in [6, 6.07) is 74.2. The van der Waals surface area contributed by atoms with Crippen molar-refractivity contribution < 1.29 is 4.92 Å². The van der Waals surface area contributed by atoms with E-state index in [-0.39, 0.29) is 10.6 Å². The van der Waals surface area contributed by atoms with E-state index in [1.165, 1.54) is 12.1 Å². The Morgan fingerprint density at radius 3 is 1.17 bits per heavy atom. The van der Waals surface area contributed by atoms with Gasteiger partial charge in [-0.1, -0.05) is 171 Å². The molecule has 11 heteroatoms. The smallest absolute Gasteiger partial charge is 0.269 e. The molecular weight excluding hydrogens is 1170 g/mol. The van der Waals surface area contributed by atoms with E-state index < -0.39 is 0 Å². The average molecular weight is 1220 g/mol. The number of aromatic amines is 4. The Hall–Kier alpha value is -12.8. The Balaban J connectivity index is 0.982. The number of nitrogens with zero attached hydrogens (tertiary/aromatic N) is 5. The zero-order chi connectivity index (χ0) is 63.5. The van der Waals surface area contributed by atoms with E-state index in [1.54, 1.807) is 12.1 Å². The van der Waals surface area contributed by atoms with Crippen LogP contribution in [0.2, 0.25) is 0 Å². The fourth-order valence-corrected chi connectivity index (χ4v) is 13.8. The van der Waals surface area contributed by atoms with Crippen LogP contribution in [-0.2, 0) is 6.42 Å². The van der Waals surface area contributed by atoms with Crippen molar-refractivity contribution in [3.05, 3.63) is 291 Å².